The third-order valence-corrected chi connectivity index (χ3v) is 5.98. The number of aromatic nitrogens is 4. The zero-order valence-electron chi connectivity index (χ0n) is 15.4. The molecule has 3 aromatic heterocycles. The molecule has 1 aliphatic rings. The van der Waals surface area contributed by atoms with Crippen molar-refractivity contribution < 1.29 is 4.79 Å². The first-order chi connectivity index (χ1) is 14.1. The molecule has 5 rings (SSSR count). The van der Waals surface area contributed by atoms with E-state index in [0.29, 0.717) is 24.6 Å². The highest BCUT2D eigenvalue weighted by Gasteiger charge is 2.36. The minimum atomic E-state index is -0.0935. The molecule has 7 nitrogen and oxygen atoms in total. The van der Waals surface area contributed by atoms with Gasteiger partial charge in [-0.1, -0.05) is 18.2 Å². The molecule has 0 fully saturated rings. The number of halogens is 1. The van der Waals surface area contributed by atoms with Crippen LogP contribution in [0.15, 0.2) is 65.4 Å². The van der Waals surface area contributed by atoms with Crippen LogP contribution in [0.4, 0.5) is 5.95 Å². The maximum absolute atomic E-state index is 13.2. The summed E-state index contributed by atoms with van der Waals surface area (Å²) in [7, 11) is 0. The predicted molar refractivity (Wildman–Crippen MR) is 112 cm³/mol. The Morgan fingerprint density at radius 2 is 1.97 bits per heavy atom. The molecular formula is C21H17BrN6O. The van der Waals surface area contributed by atoms with Crippen LogP contribution in [0.3, 0.4) is 0 Å². The lowest BCUT2D eigenvalue weighted by Gasteiger charge is -2.26. The zero-order valence-corrected chi connectivity index (χ0v) is 17.0. The van der Waals surface area contributed by atoms with Gasteiger partial charge in [0.05, 0.1) is 11.7 Å². The van der Waals surface area contributed by atoms with E-state index in [9.17, 15) is 4.79 Å². The highest BCUT2D eigenvalue weighted by Crippen LogP contribution is 2.37. The SMILES string of the molecule is Nc1nnc2cc(CN3C(=O)c4ccccc4C3Cc3ncccc3Br)ccn12. The van der Waals surface area contributed by atoms with Crippen molar-refractivity contribution in [2.75, 3.05) is 5.73 Å². The van der Waals surface area contributed by atoms with Crippen molar-refractivity contribution in [1.82, 2.24) is 24.5 Å². The Morgan fingerprint density at radius 1 is 1.10 bits per heavy atom. The lowest BCUT2D eigenvalue weighted by Crippen LogP contribution is -2.29. The van der Waals surface area contributed by atoms with Gasteiger partial charge in [0.15, 0.2) is 5.65 Å². The summed E-state index contributed by atoms with van der Waals surface area (Å²) in [6.07, 6.45) is 4.24. The number of nitrogens with zero attached hydrogens (tertiary/aromatic N) is 5. The number of benzene rings is 1. The highest BCUT2D eigenvalue weighted by molar-refractivity contribution is 9.10. The fraction of sp³-hybridized carbons (Fsp3) is 0.143. The molecular weight excluding hydrogens is 432 g/mol. The normalized spacial score (nSPS) is 15.8. The Bertz CT molecular complexity index is 1240. The number of carbonyl (C=O) groups excluding carboxylic acids is 1. The number of carbonyl (C=O) groups is 1. The Morgan fingerprint density at radius 3 is 2.83 bits per heavy atom. The number of hydrogen-bond donors (Lipinski definition) is 1. The summed E-state index contributed by atoms with van der Waals surface area (Å²) in [4.78, 5) is 19.6. The van der Waals surface area contributed by atoms with E-state index in [1.165, 1.54) is 0 Å². The number of amides is 1. The smallest absolute Gasteiger partial charge is 0.255 e. The quantitative estimate of drug-likeness (QED) is 0.516. The average molecular weight is 449 g/mol. The zero-order chi connectivity index (χ0) is 20.0. The van der Waals surface area contributed by atoms with E-state index in [4.69, 9.17) is 5.73 Å². The molecule has 144 valence electrons. The van der Waals surface area contributed by atoms with Crippen LogP contribution in [-0.2, 0) is 13.0 Å². The Hall–Kier alpha value is -3.26. The number of nitrogens with two attached hydrogens (primary N) is 1. The summed E-state index contributed by atoms with van der Waals surface area (Å²) in [5.74, 6) is 0.368. The lowest BCUT2D eigenvalue weighted by molar-refractivity contribution is 0.0708. The predicted octanol–water partition coefficient (Wildman–Crippen LogP) is 3.41. The van der Waals surface area contributed by atoms with Gasteiger partial charge in [0, 0.05) is 35.4 Å². The molecule has 1 amide bonds. The fourth-order valence-corrected chi connectivity index (χ4v) is 4.26. The number of hydrogen-bond acceptors (Lipinski definition) is 5. The number of rotatable bonds is 4. The third kappa shape index (κ3) is 3.05. The molecule has 29 heavy (non-hydrogen) atoms. The molecule has 0 bridgehead atoms. The van der Waals surface area contributed by atoms with Gasteiger partial charge >= 0.3 is 0 Å². The Balaban J connectivity index is 1.52. The molecule has 8 heteroatoms. The number of pyridine rings is 2. The maximum atomic E-state index is 13.2. The van der Waals surface area contributed by atoms with Crippen molar-refractivity contribution >= 4 is 33.4 Å². The third-order valence-electron chi connectivity index (χ3n) is 5.26. The monoisotopic (exact) mass is 448 g/mol. The van der Waals surface area contributed by atoms with Crippen LogP contribution < -0.4 is 5.73 Å². The van der Waals surface area contributed by atoms with Crippen LogP contribution in [0.2, 0.25) is 0 Å². The summed E-state index contributed by atoms with van der Waals surface area (Å²) < 4.78 is 2.66. The van der Waals surface area contributed by atoms with Crippen molar-refractivity contribution in [2.45, 2.75) is 19.0 Å². The molecule has 1 unspecified atom stereocenters. The summed E-state index contributed by atoms with van der Waals surface area (Å²) in [6.45, 7) is 0.464. The molecule has 2 N–H and O–H groups in total. The van der Waals surface area contributed by atoms with Gasteiger partial charge in [-0.3, -0.25) is 14.2 Å². The minimum absolute atomic E-state index is 0.0264. The molecule has 1 aromatic carbocycles. The van der Waals surface area contributed by atoms with Gasteiger partial charge in [-0.25, -0.2) is 0 Å². The van der Waals surface area contributed by atoms with E-state index >= 15 is 0 Å². The minimum Gasteiger partial charge on any atom is -0.368 e. The molecule has 4 heterocycles. The van der Waals surface area contributed by atoms with E-state index in [1.54, 1.807) is 10.6 Å². The van der Waals surface area contributed by atoms with E-state index < -0.39 is 0 Å². The van der Waals surface area contributed by atoms with Crippen LogP contribution in [0.5, 0.6) is 0 Å². The van der Waals surface area contributed by atoms with Crippen LogP contribution >= 0.6 is 15.9 Å². The lowest BCUT2D eigenvalue weighted by atomic mass is 10.0. The summed E-state index contributed by atoms with van der Waals surface area (Å²) in [5.41, 5.74) is 10.1. The second-order valence-electron chi connectivity index (χ2n) is 6.99. The largest absolute Gasteiger partial charge is 0.368 e. The first-order valence-corrected chi connectivity index (χ1v) is 9.99. The van der Waals surface area contributed by atoms with E-state index in [0.717, 1.165) is 26.9 Å². The summed E-state index contributed by atoms with van der Waals surface area (Å²) in [5, 5.41) is 7.97. The van der Waals surface area contributed by atoms with Crippen LogP contribution in [-0.4, -0.2) is 30.4 Å². The van der Waals surface area contributed by atoms with Gasteiger partial charge < -0.3 is 10.6 Å². The maximum Gasteiger partial charge on any atom is 0.255 e. The van der Waals surface area contributed by atoms with Crippen molar-refractivity contribution in [3.63, 3.8) is 0 Å². The van der Waals surface area contributed by atoms with E-state index in [2.05, 4.69) is 31.1 Å². The second kappa shape index (κ2) is 6.97. The fourth-order valence-electron chi connectivity index (χ4n) is 3.85. The van der Waals surface area contributed by atoms with Crippen molar-refractivity contribution in [2.24, 2.45) is 0 Å². The van der Waals surface area contributed by atoms with Crippen molar-refractivity contribution in [1.29, 1.82) is 0 Å². The molecule has 0 saturated heterocycles. The summed E-state index contributed by atoms with van der Waals surface area (Å²) in [6, 6.07) is 15.4. The van der Waals surface area contributed by atoms with Crippen LogP contribution in [0.1, 0.15) is 33.2 Å². The highest BCUT2D eigenvalue weighted by atomic mass is 79.9. The topological polar surface area (TPSA) is 89.4 Å². The van der Waals surface area contributed by atoms with Gasteiger partial charge in [0.2, 0.25) is 5.95 Å². The standard InChI is InChI=1S/C21H17BrN6O/c22-16-6-3-8-24-17(16)11-18-14-4-1-2-5-15(14)20(29)28(18)12-13-7-9-27-19(10-13)25-26-21(27)23/h1-10,18H,11-12H2,(H2,23,26). The van der Waals surface area contributed by atoms with Gasteiger partial charge in [-0.05, 0) is 57.4 Å². The van der Waals surface area contributed by atoms with Gasteiger partial charge in [-0.2, -0.15) is 0 Å². The summed E-state index contributed by atoms with van der Waals surface area (Å²) >= 11 is 3.58. The molecule has 0 saturated carbocycles. The van der Waals surface area contributed by atoms with Gasteiger partial charge in [0.1, 0.15) is 0 Å². The Labute approximate surface area is 175 Å². The van der Waals surface area contributed by atoms with E-state index in [-0.39, 0.29) is 11.9 Å². The second-order valence-corrected chi connectivity index (χ2v) is 7.85. The van der Waals surface area contributed by atoms with Crippen LogP contribution in [0.25, 0.3) is 5.65 Å². The average Bonchev–Trinajstić information content (AvgIpc) is 3.23. The van der Waals surface area contributed by atoms with Crippen LogP contribution in [0, 0.1) is 0 Å². The van der Waals surface area contributed by atoms with Crippen molar-refractivity contribution in [3.8, 4) is 0 Å². The molecule has 1 atom stereocenters. The molecule has 0 spiro atoms. The number of fused-ring (bicyclic) bond motifs is 2. The Kier molecular flexibility index (Phi) is 4.28. The molecule has 0 radical (unpaired) electrons. The van der Waals surface area contributed by atoms with E-state index in [1.807, 2.05) is 59.6 Å². The van der Waals surface area contributed by atoms with Crippen molar-refractivity contribution in [3.05, 3.63) is 87.8 Å². The molecule has 4 aromatic rings. The molecule has 0 aliphatic carbocycles. The number of nitrogen functional groups attached to an aromatic ring is 1. The molecule has 1 aliphatic heterocycles. The van der Waals surface area contributed by atoms with Gasteiger partial charge in [-0.15, -0.1) is 10.2 Å². The first kappa shape index (κ1) is 17.8. The number of anilines is 1. The van der Waals surface area contributed by atoms with Gasteiger partial charge in [0.25, 0.3) is 5.91 Å². The first-order valence-electron chi connectivity index (χ1n) is 9.20.